The molecule has 0 bridgehead atoms. The molecule has 1 aliphatic rings. The molecule has 0 aliphatic carbocycles. The molecule has 7 heteroatoms. The fourth-order valence-electron chi connectivity index (χ4n) is 2.61. The number of carboxylic acid groups (broad SMARTS) is 1. The molecule has 0 atom stereocenters. The minimum atomic E-state index is -3.24. The van der Waals surface area contributed by atoms with Gasteiger partial charge >= 0.3 is 5.97 Å². The maximum absolute atomic E-state index is 11.7. The molecule has 6 nitrogen and oxygen atoms in total. The maximum Gasteiger partial charge on any atom is 0.335 e. The number of hydrogen-bond donors (Lipinski definition) is 2. The lowest BCUT2D eigenvalue weighted by molar-refractivity contribution is 0.0697. The highest BCUT2D eigenvalue weighted by molar-refractivity contribution is 7.88. The van der Waals surface area contributed by atoms with Crippen LogP contribution in [-0.4, -0.2) is 41.6 Å². The summed E-state index contributed by atoms with van der Waals surface area (Å²) in [6.45, 7) is 0.738. The van der Waals surface area contributed by atoms with Crippen molar-refractivity contribution in [3.63, 3.8) is 0 Å². The van der Waals surface area contributed by atoms with Gasteiger partial charge in [0.15, 0.2) is 0 Å². The zero-order chi connectivity index (χ0) is 14.5. The number of aromatic nitrogens is 1. The molecule has 0 amide bonds. The maximum atomic E-state index is 11.7. The predicted molar refractivity (Wildman–Crippen MR) is 74.2 cm³/mol. The van der Waals surface area contributed by atoms with Crippen LogP contribution in [0.1, 0.15) is 21.6 Å². The molecule has 0 radical (unpaired) electrons. The number of carbonyl (C=O) groups is 1. The molecule has 1 aromatic carbocycles. The Morgan fingerprint density at radius 3 is 2.80 bits per heavy atom. The van der Waals surface area contributed by atoms with Crippen molar-refractivity contribution < 1.29 is 18.3 Å². The summed E-state index contributed by atoms with van der Waals surface area (Å²) in [5, 5.41) is 9.84. The van der Waals surface area contributed by atoms with Gasteiger partial charge in [0.1, 0.15) is 0 Å². The van der Waals surface area contributed by atoms with E-state index in [9.17, 15) is 13.2 Å². The summed E-state index contributed by atoms with van der Waals surface area (Å²) in [6.07, 6.45) is 1.80. The van der Waals surface area contributed by atoms with Gasteiger partial charge in [0.05, 0.1) is 11.8 Å². The third-order valence-corrected chi connectivity index (χ3v) is 4.91. The fourth-order valence-corrected chi connectivity index (χ4v) is 3.39. The van der Waals surface area contributed by atoms with Crippen molar-refractivity contribution >= 4 is 26.9 Å². The van der Waals surface area contributed by atoms with Crippen molar-refractivity contribution in [2.24, 2.45) is 0 Å². The minimum Gasteiger partial charge on any atom is -0.478 e. The smallest absolute Gasteiger partial charge is 0.335 e. The molecule has 1 aliphatic heterocycles. The average molecular weight is 294 g/mol. The van der Waals surface area contributed by atoms with Crippen LogP contribution in [0.15, 0.2) is 18.2 Å². The van der Waals surface area contributed by atoms with Gasteiger partial charge in [-0.2, -0.15) is 4.31 Å². The van der Waals surface area contributed by atoms with E-state index in [0.717, 1.165) is 22.2 Å². The van der Waals surface area contributed by atoms with Gasteiger partial charge in [-0.05, 0) is 23.8 Å². The molecular weight excluding hydrogens is 280 g/mol. The van der Waals surface area contributed by atoms with Crippen LogP contribution in [0.3, 0.4) is 0 Å². The predicted octanol–water partition coefficient (Wildman–Crippen LogP) is 1.18. The largest absolute Gasteiger partial charge is 0.478 e. The molecule has 3 rings (SSSR count). The first-order valence-corrected chi connectivity index (χ1v) is 8.03. The molecule has 2 aromatic rings. The average Bonchev–Trinajstić information content (AvgIpc) is 2.74. The van der Waals surface area contributed by atoms with Gasteiger partial charge < -0.3 is 10.1 Å². The number of nitrogens with one attached hydrogen (secondary N) is 1. The van der Waals surface area contributed by atoms with Gasteiger partial charge in [-0.15, -0.1) is 0 Å². The molecule has 2 heterocycles. The number of nitrogens with zero attached hydrogens (tertiary/aromatic N) is 1. The van der Waals surface area contributed by atoms with Gasteiger partial charge in [0.25, 0.3) is 0 Å². The van der Waals surface area contributed by atoms with E-state index in [2.05, 4.69) is 4.98 Å². The van der Waals surface area contributed by atoms with E-state index in [1.165, 1.54) is 10.6 Å². The molecule has 106 valence electrons. The standard InChI is InChI=1S/C13H14N2O4S/c1-20(18,19)15-5-4-12-10(7-15)9-6-8(13(16)17)2-3-11(9)14-12/h2-3,6,14H,4-5,7H2,1H3,(H,16,17). The molecule has 20 heavy (non-hydrogen) atoms. The summed E-state index contributed by atoms with van der Waals surface area (Å²) >= 11 is 0. The molecular formula is C13H14N2O4S. The highest BCUT2D eigenvalue weighted by Crippen LogP contribution is 2.29. The second-order valence-electron chi connectivity index (χ2n) is 4.99. The van der Waals surface area contributed by atoms with Crippen molar-refractivity contribution in [3.05, 3.63) is 35.0 Å². The van der Waals surface area contributed by atoms with Gasteiger partial charge in [-0.1, -0.05) is 0 Å². The first-order valence-electron chi connectivity index (χ1n) is 6.18. The fraction of sp³-hybridized carbons (Fsp3) is 0.308. The molecule has 0 saturated heterocycles. The van der Waals surface area contributed by atoms with E-state index < -0.39 is 16.0 Å². The van der Waals surface area contributed by atoms with Gasteiger partial charge in [0, 0.05) is 36.1 Å². The molecule has 0 saturated carbocycles. The van der Waals surface area contributed by atoms with Crippen LogP contribution in [-0.2, 0) is 23.0 Å². The molecule has 0 fully saturated rings. The topological polar surface area (TPSA) is 90.5 Å². The van der Waals surface area contributed by atoms with Crippen molar-refractivity contribution in [3.8, 4) is 0 Å². The zero-order valence-electron chi connectivity index (χ0n) is 10.9. The number of carboxylic acids is 1. The van der Waals surface area contributed by atoms with Crippen LogP contribution in [0.25, 0.3) is 10.9 Å². The molecule has 0 unspecified atom stereocenters. The number of sulfonamides is 1. The zero-order valence-corrected chi connectivity index (χ0v) is 11.7. The quantitative estimate of drug-likeness (QED) is 0.870. The van der Waals surface area contributed by atoms with Crippen LogP contribution >= 0.6 is 0 Å². The second kappa shape index (κ2) is 4.32. The van der Waals surface area contributed by atoms with Crippen LogP contribution in [0.5, 0.6) is 0 Å². The summed E-state index contributed by atoms with van der Waals surface area (Å²) in [7, 11) is -3.24. The minimum absolute atomic E-state index is 0.204. The Morgan fingerprint density at radius 1 is 1.40 bits per heavy atom. The van der Waals surface area contributed by atoms with Crippen LogP contribution < -0.4 is 0 Å². The summed E-state index contributed by atoms with van der Waals surface area (Å²) in [5.74, 6) is -0.988. The van der Waals surface area contributed by atoms with E-state index in [-0.39, 0.29) is 12.1 Å². The van der Waals surface area contributed by atoms with Crippen LogP contribution in [0, 0.1) is 0 Å². The number of benzene rings is 1. The number of aromatic amines is 1. The number of aromatic carboxylic acids is 1. The third kappa shape index (κ3) is 2.08. The number of H-pyrrole nitrogens is 1. The Bertz CT molecular complexity index is 807. The van der Waals surface area contributed by atoms with Gasteiger partial charge in [-0.25, -0.2) is 13.2 Å². The first-order chi connectivity index (χ1) is 9.36. The summed E-state index contributed by atoms with van der Waals surface area (Å²) < 4.78 is 24.7. The van der Waals surface area contributed by atoms with Gasteiger partial charge in [0.2, 0.25) is 10.0 Å². The lowest BCUT2D eigenvalue weighted by atomic mass is 10.0. The van der Waals surface area contributed by atoms with E-state index in [1.54, 1.807) is 18.2 Å². The molecule has 1 aromatic heterocycles. The summed E-state index contributed by atoms with van der Waals surface area (Å²) in [4.78, 5) is 14.3. The summed E-state index contributed by atoms with van der Waals surface area (Å²) in [6, 6.07) is 4.86. The Balaban J connectivity index is 2.14. The number of fused-ring (bicyclic) bond motifs is 3. The Hall–Kier alpha value is -1.86. The van der Waals surface area contributed by atoms with Crippen molar-refractivity contribution in [2.75, 3.05) is 12.8 Å². The SMILES string of the molecule is CS(=O)(=O)N1CCc2[nH]c3ccc(C(=O)O)cc3c2C1. The Morgan fingerprint density at radius 2 is 2.15 bits per heavy atom. The van der Waals surface area contributed by atoms with Crippen LogP contribution in [0.2, 0.25) is 0 Å². The first kappa shape index (κ1) is 13.1. The number of hydrogen-bond acceptors (Lipinski definition) is 3. The van der Waals surface area contributed by atoms with E-state index in [1.807, 2.05) is 0 Å². The normalized spacial score (nSPS) is 16.2. The second-order valence-corrected chi connectivity index (χ2v) is 6.98. The van der Waals surface area contributed by atoms with Crippen molar-refractivity contribution in [1.82, 2.24) is 9.29 Å². The van der Waals surface area contributed by atoms with E-state index in [0.29, 0.717) is 13.0 Å². The van der Waals surface area contributed by atoms with E-state index >= 15 is 0 Å². The van der Waals surface area contributed by atoms with Gasteiger partial charge in [-0.3, -0.25) is 0 Å². The van der Waals surface area contributed by atoms with Crippen LogP contribution in [0.4, 0.5) is 0 Å². The highest BCUT2D eigenvalue weighted by Gasteiger charge is 2.26. The summed E-state index contributed by atoms with van der Waals surface area (Å²) in [5.41, 5.74) is 2.91. The Kier molecular flexibility index (Phi) is 2.84. The molecule has 2 N–H and O–H groups in total. The lowest BCUT2D eigenvalue weighted by Gasteiger charge is -2.24. The number of rotatable bonds is 2. The highest BCUT2D eigenvalue weighted by atomic mass is 32.2. The Labute approximate surface area is 116 Å². The van der Waals surface area contributed by atoms with E-state index in [4.69, 9.17) is 5.11 Å². The third-order valence-electron chi connectivity index (χ3n) is 3.66. The lowest BCUT2D eigenvalue weighted by Crippen LogP contribution is -2.34. The van der Waals surface area contributed by atoms with Crippen molar-refractivity contribution in [1.29, 1.82) is 0 Å². The van der Waals surface area contributed by atoms with Crippen molar-refractivity contribution in [2.45, 2.75) is 13.0 Å². The monoisotopic (exact) mass is 294 g/mol. The molecule has 0 spiro atoms.